The number of piperazine rings is 1. The fraction of sp³-hybridized carbons (Fsp3) is 0.600. The molecule has 2 aliphatic heterocycles. The molecule has 0 unspecified atom stereocenters. The number of piperidine rings is 1. The number of nitrogens with one attached hydrogen (secondary N) is 1. The quantitative estimate of drug-likeness (QED) is 0.884. The molecule has 3 rings (SSSR count). The van der Waals surface area contributed by atoms with E-state index in [0.29, 0.717) is 12.6 Å². The third kappa shape index (κ3) is 5.13. The van der Waals surface area contributed by atoms with E-state index in [-0.39, 0.29) is 12.1 Å². The molecular weight excluding hydrogens is 344 g/mol. The number of urea groups is 1. The lowest BCUT2D eigenvalue weighted by molar-refractivity contribution is 0.0581. The Bertz CT molecular complexity index is 633. The van der Waals surface area contributed by atoms with E-state index in [1.54, 1.807) is 4.90 Å². The van der Waals surface area contributed by atoms with Gasteiger partial charge in [0.1, 0.15) is 0 Å². The Kier molecular flexibility index (Phi) is 6.55. The van der Waals surface area contributed by atoms with Crippen molar-refractivity contribution in [1.82, 2.24) is 14.7 Å². The molecule has 2 saturated heterocycles. The molecule has 2 aliphatic rings. The second-order valence-electron chi connectivity index (χ2n) is 7.24. The molecule has 0 bridgehead atoms. The van der Waals surface area contributed by atoms with Gasteiger partial charge in [0, 0.05) is 51.0 Å². The first-order chi connectivity index (χ1) is 13.1. The summed E-state index contributed by atoms with van der Waals surface area (Å²) in [7, 11) is 0. The highest BCUT2D eigenvalue weighted by molar-refractivity contribution is 5.89. The van der Waals surface area contributed by atoms with Gasteiger partial charge in [-0.2, -0.15) is 0 Å². The Balaban J connectivity index is 1.42. The van der Waals surface area contributed by atoms with Crippen LogP contribution in [0.25, 0.3) is 0 Å². The van der Waals surface area contributed by atoms with Gasteiger partial charge in [0.25, 0.3) is 0 Å². The molecule has 3 amide bonds. The van der Waals surface area contributed by atoms with E-state index in [2.05, 4.69) is 10.2 Å². The number of ether oxygens (including phenoxy) is 1. The number of likely N-dealkylation sites (tertiary alicyclic amines) is 1. The zero-order valence-corrected chi connectivity index (χ0v) is 16.3. The molecule has 0 spiro atoms. The van der Waals surface area contributed by atoms with E-state index >= 15 is 0 Å². The molecule has 2 fully saturated rings. The lowest BCUT2D eigenvalue weighted by atomic mass is 10.0. The number of carbonyl (C=O) groups is 2. The molecule has 0 atom stereocenters. The van der Waals surface area contributed by atoms with Gasteiger partial charge in [-0.15, -0.1) is 0 Å². The van der Waals surface area contributed by atoms with Crippen LogP contribution < -0.4 is 5.32 Å². The van der Waals surface area contributed by atoms with E-state index in [9.17, 15) is 9.59 Å². The topological polar surface area (TPSA) is 65.1 Å². The van der Waals surface area contributed by atoms with Crippen molar-refractivity contribution in [3.63, 3.8) is 0 Å². The van der Waals surface area contributed by atoms with Crippen molar-refractivity contribution >= 4 is 17.8 Å². The van der Waals surface area contributed by atoms with E-state index in [4.69, 9.17) is 4.74 Å². The third-order valence-electron chi connectivity index (χ3n) is 5.41. The number of rotatable bonds is 3. The van der Waals surface area contributed by atoms with Gasteiger partial charge in [-0.05, 0) is 38.8 Å². The minimum Gasteiger partial charge on any atom is -0.450 e. The molecule has 1 N–H and O–H groups in total. The second-order valence-corrected chi connectivity index (χ2v) is 7.24. The van der Waals surface area contributed by atoms with Gasteiger partial charge < -0.3 is 19.9 Å². The Morgan fingerprint density at radius 3 is 2.22 bits per heavy atom. The second kappa shape index (κ2) is 9.08. The maximum absolute atomic E-state index is 12.5. The van der Waals surface area contributed by atoms with Crippen molar-refractivity contribution in [2.75, 3.05) is 51.2 Å². The number of hydrogen-bond donors (Lipinski definition) is 1. The SMILES string of the molecule is CCOC(=O)N1CCC(N2CCN(C(=O)Nc3ccc(C)cc3)CC2)CC1. The average molecular weight is 374 g/mol. The third-order valence-corrected chi connectivity index (χ3v) is 5.41. The number of amides is 3. The van der Waals surface area contributed by atoms with Crippen molar-refractivity contribution in [3.05, 3.63) is 29.8 Å². The van der Waals surface area contributed by atoms with Gasteiger partial charge in [0.15, 0.2) is 0 Å². The first kappa shape index (κ1) is 19.5. The van der Waals surface area contributed by atoms with Gasteiger partial charge in [-0.25, -0.2) is 9.59 Å². The van der Waals surface area contributed by atoms with Crippen LogP contribution in [0.15, 0.2) is 24.3 Å². The summed E-state index contributed by atoms with van der Waals surface area (Å²) in [5.41, 5.74) is 2.01. The number of anilines is 1. The van der Waals surface area contributed by atoms with Gasteiger partial charge in [0.05, 0.1) is 6.61 Å². The summed E-state index contributed by atoms with van der Waals surface area (Å²) in [6.45, 7) is 9.00. The molecule has 1 aromatic carbocycles. The van der Waals surface area contributed by atoms with Crippen LogP contribution in [0.5, 0.6) is 0 Å². The molecule has 7 nitrogen and oxygen atoms in total. The lowest BCUT2D eigenvalue weighted by Crippen LogP contribution is -2.55. The van der Waals surface area contributed by atoms with Crippen molar-refractivity contribution in [1.29, 1.82) is 0 Å². The summed E-state index contributed by atoms with van der Waals surface area (Å²) >= 11 is 0. The first-order valence-corrected chi connectivity index (χ1v) is 9.85. The van der Waals surface area contributed by atoms with E-state index < -0.39 is 0 Å². The van der Waals surface area contributed by atoms with Gasteiger partial charge in [-0.1, -0.05) is 17.7 Å². The van der Waals surface area contributed by atoms with Crippen LogP contribution in [0.2, 0.25) is 0 Å². The first-order valence-electron chi connectivity index (χ1n) is 9.85. The minimum atomic E-state index is -0.200. The summed E-state index contributed by atoms with van der Waals surface area (Å²) < 4.78 is 5.08. The Hall–Kier alpha value is -2.28. The summed E-state index contributed by atoms with van der Waals surface area (Å²) in [5.74, 6) is 0. The fourth-order valence-corrected chi connectivity index (χ4v) is 3.76. The fourth-order valence-electron chi connectivity index (χ4n) is 3.76. The standard InChI is InChI=1S/C20H30N4O3/c1-3-27-20(26)24-10-8-18(9-11-24)22-12-14-23(15-13-22)19(25)21-17-6-4-16(2)5-7-17/h4-7,18H,3,8-15H2,1-2H3,(H,21,25). The molecule has 2 heterocycles. The van der Waals surface area contributed by atoms with Crippen molar-refractivity contribution in [3.8, 4) is 0 Å². The summed E-state index contributed by atoms with van der Waals surface area (Å²) in [4.78, 5) is 30.4. The van der Waals surface area contributed by atoms with Gasteiger partial charge in [0.2, 0.25) is 0 Å². The summed E-state index contributed by atoms with van der Waals surface area (Å²) in [6, 6.07) is 8.31. The van der Waals surface area contributed by atoms with E-state index in [0.717, 1.165) is 57.8 Å². The Morgan fingerprint density at radius 2 is 1.63 bits per heavy atom. The zero-order chi connectivity index (χ0) is 19.2. The molecular formula is C20H30N4O3. The largest absolute Gasteiger partial charge is 0.450 e. The molecule has 27 heavy (non-hydrogen) atoms. The van der Waals surface area contributed by atoms with Crippen molar-refractivity contribution < 1.29 is 14.3 Å². The average Bonchev–Trinajstić information content (AvgIpc) is 2.70. The molecule has 0 aromatic heterocycles. The number of nitrogens with zero attached hydrogens (tertiary/aromatic N) is 3. The number of carbonyl (C=O) groups excluding carboxylic acids is 2. The molecule has 1 aromatic rings. The van der Waals surface area contributed by atoms with Crippen molar-refractivity contribution in [2.24, 2.45) is 0 Å². The van der Waals surface area contributed by atoms with Gasteiger partial charge in [-0.3, -0.25) is 4.90 Å². The minimum absolute atomic E-state index is 0.0318. The predicted molar refractivity (Wildman–Crippen MR) is 105 cm³/mol. The normalized spacial score (nSPS) is 19.0. The van der Waals surface area contributed by atoms with E-state index in [1.165, 1.54) is 5.56 Å². The van der Waals surface area contributed by atoms with Crippen molar-refractivity contribution in [2.45, 2.75) is 32.7 Å². The maximum atomic E-state index is 12.5. The summed E-state index contributed by atoms with van der Waals surface area (Å²) in [5, 5.41) is 2.97. The van der Waals surface area contributed by atoms with Crippen LogP contribution in [0.1, 0.15) is 25.3 Å². The highest BCUT2D eigenvalue weighted by Gasteiger charge is 2.30. The molecule has 0 radical (unpaired) electrons. The van der Waals surface area contributed by atoms with Crippen LogP contribution in [0.3, 0.4) is 0 Å². The molecule has 7 heteroatoms. The smallest absolute Gasteiger partial charge is 0.409 e. The highest BCUT2D eigenvalue weighted by Crippen LogP contribution is 2.19. The van der Waals surface area contributed by atoms with Crippen LogP contribution in [0, 0.1) is 6.92 Å². The van der Waals surface area contributed by atoms with Crippen LogP contribution in [0.4, 0.5) is 15.3 Å². The lowest BCUT2D eigenvalue weighted by Gasteiger charge is -2.42. The molecule has 0 saturated carbocycles. The van der Waals surface area contributed by atoms with Gasteiger partial charge >= 0.3 is 12.1 Å². The van der Waals surface area contributed by atoms with Crippen LogP contribution in [-0.4, -0.2) is 78.7 Å². The molecule has 0 aliphatic carbocycles. The monoisotopic (exact) mass is 374 g/mol. The summed E-state index contributed by atoms with van der Waals surface area (Å²) in [6.07, 6.45) is 1.73. The zero-order valence-electron chi connectivity index (χ0n) is 16.3. The number of hydrogen-bond acceptors (Lipinski definition) is 4. The maximum Gasteiger partial charge on any atom is 0.409 e. The predicted octanol–water partition coefficient (Wildman–Crippen LogP) is 2.77. The van der Waals surface area contributed by atoms with Crippen LogP contribution >= 0.6 is 0 Å². The van der Waals surface area contributed by atoms with E-state index in [1.807, 2.05) is 43.0 Å². The van der Waals surface area contributed by atoms with Crippen LogP contribution in [-0.2, 0) is 4.74 Å². The highest BCUT2D eigenvalue weighted by atomic mass is 16.6. The number of benzene rings is 1. The number of aryl methyl sites for hydroxylation is 1. The Morgan fingerprint density at radius 1 is 1.00 bits per heavy atom. The molecule has 148 valence electrons. The Labute approximate surface area is 161 Å².